The quantitative estimate of drug-likeness (QED) is 0.307. The first-order valence-electron chi connectivity index (χ1n) is 12.2. The fourth-order valence-corrected chi connectivity index (χ4v) is 5.33. The number of carbonyl (C=O) groups excluding carboxylic acids is 2. The van der Waals surface area contributed by atoms with E-state index in [1.807, 2.05) is 44.2 Å². The maximum atomic E-state index is 14.0. The molecule has 2 amide bonds. The summed E-state index contributed by atoms with van der Waals surface area (Å²) >= 11 is 18.6. The zero-order valence-electron chi connectivity index (χ0n) is 21.8. The van der Waals surface area contributed by atoms with Gasteiger partial charge in [0, 0.05) is 24.0 Å². The molecule has 1 N–H and O–H groups in total. The van der Waals surface area contributed by atoms with E-state index in [2.05, 4.69) is 5.32 Å². The highest BCUT2D eigenvalue weighted by Crippen LogP contribution is 2.29. The van der Waals surface area contributed by atoms with Crippen LogP contribution in [0.3, 0.4) is 0 Å². The fraction of sp³-hybridized carbons (Fsp3) is 0.286. The zero-order valence-corrected chi connectivity index (χ0v) is 24.9. The third kappa shape index (κ3) is 8.60. The number of benzene rings is 3. The number of nitrogens with one attached hydrogen (secondary N) is 1. The average Bonchev–Trinajstić information content (AvgIpc) is 2.87. The molecule has 208 valence electrons. The smallest absolute Gasteiger partial charge is 0.244 e. The minimum absolute atomic E-state index is 0.0134. The van der Waals surface area contributed by atoms with E-state index >= 15 is 0 Å². The van der Waals surface area contributed by atoms with Gasteiger partial charge in [0.1, 0.15) is 12.6 Å². The normalized spacial score (nSPS) is 12.2. The first-order valence-corrected chi connectivity index (χ1v) is 15.1. The summed E-state index contributed by atoms with van der Waals surface area (Å²) in [7, 11) is -3.92. The van der Waals surface area contributed by atoms with Crippen molar-refractivity contribution in [3.8, 4) is 0 Å². The summed E-state index contributed by atoms with van der Waals surface area (Å²) in [5.41, 5.74) is 1.62. The fourth-order valence-electron chi connectivity index (χ4n) is 4.00. The van der Waals surface area contributed by atoms with Crippen LogP contribution in [-0.2, 0) is 32.6 Å². The Morgan fingerprint density at radius 2 is 1.51 bits per heavy atom. The number of nitrogens with zero attached hydrogens (tertiary/aromatic N) is 2. The van der Waals surface area contributed by atoms with Crippen LogP contribution in [0.5, 0.6) is 0 Å². The standard InChI is InChI=1S/C28H30Cl3N3O4S/c1-19(2)32-28(36)26(15-20-9-5-4-6-10-20)33(17-21-11-7-8-12-23(21)29)27(35)18-34(39(3,37)38)22-13-14-24(30)25(31)16-22/h4-14,16,19,26H,15,17-18H2,1-3H3,(H,32,36)/t26-/m1/s1. The van der Waals surface area contributed by atoms with Gasteiger partial charge in [0.15, 0.2) is 0 Å². The van der Waals surface area contributed by atoms with Crippen LogP contribution in [0, 0.1) is 0 Å². The molecule has 0 saturated carbocycles. The Hall–Kier alpha value is -2.78. The molecule has 0 aliphatic rings. The Morgan fingerprint density at radius 3 is 2.10 bits per heavy atom. The van der Waals surface area contributed by atoms with Gasteiger partial charge in [0.05, 0.1) is 22.0 Å². The van der Waals surface area contributed by atoms with Crippen LogP contribution in [0.25, 0.3) is 0 Å². The number of sulfonamides is 1. The molecule has 3 aromatic rings. The van der Waals surface area contributed by atoms with E-state index in [-0.39, 0.29) is 40.6 Å². The van der Waals surface area contributed by atoms with E-state index in [1.165, 1.54) is 23.1 Å². The topological polar surface area (TPSA) is 86.8 Å². The molecule has 0 saturated heterocycles. The van der Waals surface area contributed by atoms with Crippen molar-refractivity contribution in [1.29, 1.82) is 0 Å². The number of rotatable bonds is 11. The average molecular weight is 611 g/mol. The second-order valence-electron chi connectivity index (χ2n) is 9.35. The third-order valence-corrected chi connectivity index (χ3v) is 8.12. The molecule has 11 heteroatoms. The molecule has 0 radical (unpaired) electrons. The van der Waals surface area contributed by atoms with E-state index in [0.29, 0.717) is 10.6 Å². The molecular formula is C28H30Cl3N3O4S. The second-order valence-corrected chi connectivity index (χ2v) is 12.5. The predicted molar refractivity (Wildman–Crippen MR) is 158 cm³/mol. The number of hydrogen-bond donors (Lipinski definition) is 1. The van der Waals surface area contributed by atoms with Gasteiger partial charge >= 0.3 is 0 Å². The molecule has 3 rings (SSSR count). The molecule has 0 bridgehead atoms. The highest BCUT2D eigenvalue weighted by molar-refractivity contribution is 7.92. The number of carbonyl (C=O) groups is 2. The number of anilines is 1. The molecule has 0 unspecified atom stereocenters. The summed E-state index contributed by atoms with van der Waals surface area (Å²) in [6, 6.07) is 19.5. The molecule has 0 aliphatic heterocycles. The maximum absolute atomic E-state index is 14.0. The Labute approximate surface area is 244 Å². The largest absolute Gasteiger partial charge is 0.352 e. The summed E-state index contributed by atoms with van der Waals surface area (Å²) in [5, 5.41) is 3.70. The third-order valence-electron chi connectivity index (χ3n) is 5.87. The van der Waals surface area contributed by atoms with Gasteiger partial charge in [-0.1, -0.05) is 83.3 Å². The zero-order chi connectivity index (χ0) is 28.7. The van der Waals surface area contributed by atoms with Crippen molar-refractivity contribution in [3.05, 3.63) is 99.0 Å². The van der Waals surface area contributed by atoms with Crippen LogP contribution in [0.1, 0.15) is 25.0 Å². The lowest BCUT2D eigenvalue weighted by atomic mass is 10.0. The van der Waals surface area contributed by atoms with Crippen LogP contribution < -0.4 is 9.62 Å². The van der Waals surface area contributed by atoms with E-state index in [1.54, 1.807) is 24.3 Å². The maximum Gasteiger partial charge on any atom is 0.244 e. The van der Waals surface area contributed by atoms with Gasteiger partial charge in [0.2, 0.25) is 21.8 Å². The highest BCUT2D eigenvalue weighted by Gasteiger charge is 2.33. The molecular weight excluding hydrogens is 581 g/mol. The summed E-state index contributed by atoms with van der Waals surface area (Å²) in [4.78, 5) is 28.9. The minimum Gasteiger partial charge on any atom is -0.352 e. The van der Waals surface area contributed by atoms with E-state index in [9.17, 15) is 18.0 Å². The van der Waals surface area contributed by atoms with Gasteiger partial charge in [-0.3, -0.25) is 13.9 Å². The second kappa shape index (κ2) is 13.5. The van der Waals surface area contributed by atoms with Crippen molar-refractivity contribution in [2.45, 2.75) is 38.9 Å². The molecule has 0 aliphatic carbocycles. The van der Waals surface area contributed by atoms with E-state index in [4.69, 9.17) is 34.8 Å². The molecule has 7 nitrogen and oxygen atoms in total. The Kier molecular flexibility index (Phi) is 10.7. The van der Waals surface area contributed by atoms with Crippen LogP contribution in [0.4, 0.5) is 5.69 Å². The highest BCUT2D eigenvalue weighted by atomic mass is 35.5. The van der Waals surface area contributed by atoms with Gasteiger partial charge in [-0.15, -0.1) is 0 Å². The van der Waals surface area contributed by atoms with Crippen LogP contribution in [0.2, 0.25) is 15.1 Å². The molecule has 3 aromatic carbocycles. The van der Waals surface area contributed by atoms with Gasteiger partial charge in [-0.2, -0.15) is 0 Å². The summed E-state index contributed by atoms with van der Waals surface area (Å²) < 4.78 is 26.6. The van der Waals surface area contributed by atoms with Crippen LogP contribution in [-0.4, -0.2) is 50.0 Å². The van der Waals surface area contributed by atoms with E-state index in [0.717, 1.165) is 16.1 Å². The van der Waals surface area contributed by atoms with Crippen molar-refractivity contribution < 1.29 is 18.0 Å². The van der Waals surface area contributed by atoms with E-state index < -0.39 is 28.5 Å². The van der Waals surface area contributed by atoms with Gasteiger partial charge in [0.25, 0.3) is 0 Å². The predicted octanol–water partition coefficient (Wildman–Crippen LogP) is 5.58. The van der Waals surface area contributed by atoms with Crippen molar-refractivity contribution in [1.82, 2.24) is 10.2 Å². The Balaban J connectivity index is 2.08. The van der Waals surface area contributed by atoms with Gasteiger partial charge < -0.3 is 10.2 Å². The molecule has 0 aromatic heterocycles. The van der Waals surface area contributed by atoms with Crippen molar-refractivity contribution in [2.24, 2.45) is 0 Å². The molecule has 39 heavy (non-hydrogen) atoms. The molecule has 1 atom stereocenters. The van der Waals surface area contributed by atoms with Gasteiger partial charge in [-0.25, -0.2) is 8.42 Å². The molecule has 0 fully saturated rings. The number of amides is 2. The van der Waals surface area contributed by atoms with Crippen molar-refractivity contribution >= 4 is 62.3 Å². The van der Waals surface area contributed by atoms with Crippen LogP contribution in [0.15, 0.2) is 72.8 Å². The minimum atomic E-state index is -3.92. The molecule has 0 heterocycles. The Bertz CT molecular complexity index is 1420. The first kappa shape index (κ1) is 30.8. The summed E-state index contributed by atoms with van der Waals surface area (Å²) in [5.74, 6) is -0.957. The SMILES string of the molecule is CC(C)NC(=O)[C@@H](Cc1ccccc1)N(Cc1ccccc1Cl)C(=O)CN(c1ccc(Cl)c(Cl)c1)S(C)(=O)=O. The monoisotopic (exact) mass is 609 g/mol. The van der Waals surface area contributed by atoms with Crippen molar-refractivity contribution in [2.75, 3.05) is 17.1 Å². The van der Waals surface area contributed by atoms with Crippen molar-refractivity contribution in [3.63, 3.8) is 0 Å². The lowest BCUT2D eigenvalue weighted by Gasteiger charge is -2.34. The van der Waals surface area contributed by atoms with Gasteiger partial charge in [-0.05, 0) is 49.2 Å². The number of halogens is 3. The van der Waals surface area contributed by atoms with Crippen LogP contribution >= 0.6 is 34.8 Å². The summed E-state index contributed by atoms with van der Waals surface area (Å²) in [6.45, 7) is 3.07. The Morgan fingerprint density at radius 1 is 0.872 bits per heavy atom. The lowest BCUT2D eigenvalue weighted by Crippen LogP contribution is -2.54. The first-order chi connectivity index (χ1) is 18.4. The number of hydrogen-bond acceptors (Lipinski definition) is 4. The summed E-state index contributed by atoms with van der Waals surface area (Å²) in [6.07, 6.45) is 1.20. The lowest BCUT2D eigenvalue weighted by molar-refractivity contribution is -0.140. The molecule has 0 spiro atoms.